The minimum Gasteiger partial charge on any atom is -0.491 e. The molecule has 2 N–H and O–H groups in total. The summed E-state index contributed by atoms with van der Waals surface area (Å²) in [5.74, 6) is 0.731. The van der Waals surface area contributed by atoms with Crippen molar-refractivity contribution in [1.82, 2.24) is 5.32 Å². The molecule has 1 rings (SSSR count). The zero-order chi connectivity index (χ0) is 12.0. The van der Waals surface area contributed by atoms with Gasteiger partial charge in [0.15, 0.2) is 0 Å². The van der Waals surface area contributed by atoms with Gasteiger partial charge < -0.3 is 15.2 Å². The van der Waals surface area contributed by atoms with Gasteiger partial charge >= 0.3 is 0 Å². The van der Waals surface area contributed by atoms with Gasteiger partial charge in [-0.1, -0.05) is 24.6 Å². The summed E-state index contributed by atoms with van der Waals surface area (Å²) < 4.78 is 5.50. The van der Waals surface area contributed by atoms with Crippen LogP contribution in [0.25, 0.3) is 0 Å². The van der Waals surface area contributed by atoms with Crippen LogP contribution in [0.15, 0.2) is 18.2 Å². The van der Waals surface area contributed by atoms with E-state index in [1.165, 1.54) is 0 Å². The second kappa shape index (κ2) is 6.74. The van der Waals surface area contributed by atoms with Gasteiger partial charge in [-0.15, -0.1) is 0 Å². The summed E-state index contributed by atoms with van der Waals surface area (Å²) in [5, 5.41) is 13.1. The van der Waals surface area contributed by atoms with Gasteiger partial charge in [0.2, 0.25) is 0 Å². The van der Waals surface area contributed by atoms with E-state index in [-0.39, 0.29) is 6.61 Å². The maximum Gasteiger partial charge on any atom is 0.125 e. The molecule has 0 aliphatic heterocycles. The van der Waals surface area contributed by atoms with Crippen LogP contribution in [-0.2, 0) is 6.54 Å². The largest absolute Gasteiger partial charge is 0.491 e. The Bertz CT molecular complexity index is 329. The van der Waals surface area contributed by atoms with Crippen LogP contribution in [0, 0.1) is 0 Å². The Morgan fingerprint density at radius 1 is 1.50 bits per heavy atom. The molecular formula is C12H18ClNO2. The van der Waals surface area contributed by atoms with Crippen molar-refractivity contribution in [2.45, 2.75) is 26.5 Å². The van der Waals surface area contributed by atoms with Gasteiger partial charge in [0.25, 0.3) is 0 Å². The van der Waals surface area contributed by atoms with Gasteiger partial charge in [-0.2, -0.15) is 0 Å². The second-order valence-corrected chi connectivity index (χ2v) is 4.06. The first-order valence-electron chi connectivity index (χ1n) is 5.44. The van der Waals surface area contributed by atoms with Crippen LogP contribution in [0.4, 0.5) is 0 Å². The van der Waals surface area contributed by atoms with Crippen molar-refractivity contribution in [3.63, 3.8) is 0 Å². The SMILES string of the molecule is CCNCc1c(Cl)cccc1OCC(C)O. The molecule has 3 nitrogen and oxygen atoms in total. The Kier molecular flexibility index (Phi) is 5.60. The van der Waals surface area contributed by atoms with Crippen molar-refractivity contribution >= 4 is 11.6 Å². The van der Waals surface area contributed by atoms with E-state index in [2.05, 4.69) is 5.32 Å². The van der Waals surface area contributed by atoms with E-state index >= 15 is 0 Å². The van der Waals surface area contributed by atoms with E-state index in [9.17, 15) is 5.11 Å². The number of aliphatic hydroxyl groups excluding tert-OH is 1. The van der Waals surface area contributed by atoms with Crippen LogP contribution < -0.4 is 10.1 Å². The third-order valence-corrected chi connectivity index (χ3v) is 2.46. The zero-order valence-corrected chi connectivity index (χ0v) is 10.4. The van der Waals surface area contributed by atoms with Crippen molar-refractivity contribution in [3.8, 4) is 5.75 Å². The van der Waals surface area contributed by atoms with Crippen LogP contribution >= 0.6 is 11.6 Å². The number of nitrogens with one attached hydrogen (secondary N) is 1. The number of hydrogen-bond acceptors (Lipinski definition) is 3. The maximum atomic E-state index is 9.18. The summed E-state index contributed by atoms with van der Waals surface area (Å²) in [6, 6.07) is 5.54. The Labute approximate surface area is 101 Å². The van der Waals surface area contributed by atoms with Crippen molar-refractivity contribution in [1.29, 1.82) is 0 Å². The second-order valence-electron chi connectivity index (χ2n) is 3.66. The predicted molar refractivity (Wildman–Crippen MR) is 66.0 cm³/mol. The van der Waals surface area contributed by atoms with E-state index in [4.69, 9.17) is 16.3 Å². The Balaban J connectivity index is 2.76. The molecule has 1 atom stereocenters. The van der Waals surface area contributed by atoms with Gasteiger partial charge in [0.1, 0.15) is 12.4 Å². The van der Waals surface area contributed by atoms with E-state index in [1.54, 1.807) is 6.92 Å². The molecule has 0 bridgehead atoms. The Morgan fingerprint density at radius 2 is 2.25 bits per heavy atom. The molecule has 16 heavy (non-hydrogen) atoms. The van der Waals surface area contributed by atoms with E-state index in [0.29, 0.717) is 11.6 Å². The van der Waals surface area contributed by atoms with E-state index in [1.807, 2.05) is 25.1 Å². The smallest absolute Gasteiger partial charge is 0.125 e. The molecule has 0 amide bonds. The first-order chi connectivity index (χ1) is 7.65. The normalized spacial score (nSPS) is 12.5. The van der Waals surface area contributed by atoms with Gasteiger partial charge in [-0.25, -0.2) is 0 Å². The summed E-state index contributed by atoms with van der Waals surface area (Å²) in [6.07, 6.45) is -0.481. The monoisotopic (exact) mass is 243 g/mol. The number of hydrogen-bond donors (Lipinski definition) is 2. The average molecular weight is 244 g/mol. The molecule has 0 saturated heterocycles. The topological polar surface area (TPSA) is 41.5 Å². The molecule has 1 aromatic carbocycles. The molecule has 0 saturated carbocycles. The molecule has 0 spiro atoms. The van der Waals surface area contributed by atoms with Crippen LogP contribution in [0.2, 0.25) is 5.02 Å². The average Bonchev–Trinajstić information content (AvgIpc) is 2.25. The maximum absolute atomic E-state index is 9.18. The number of halogens is 1. The summed E-state index contributed by atoms with van der Waals surface area (Å²) in [5.41, 5.74) is 0.937. The highest BCUT2D eigenvalue weighted by Gasteiger charge is 2.08. The lowest BCUT2D eigenvalue weighted by Crippen LogP contribution is -2.16. The Morgan fingerprint density at radius 3 is 2.88 bits per heavy atom. The zero-order valence-electron chi connectivity index (χ0n) is 9.66. The fraction of sp³-hybridized carbons (Fsp3) is 0.500. The minimum absolute atomic E-state index is 0.277. The minimum atomic E-state index is -0.481. The molecule has 4 heteroatoms. The van der Waals surface area contributed by atoms with Crippen molar-refractivity contribution in [2.24, 2.45) is 0 Å². The van der Waals surface area contributed by atoms with Gasteiger partial charge in [-0.05, 0) is 25.6 Å². The standard InChI is InChI=1S/C12H18ClNO2/c1-3-14-7-10-11(13)5-4-6-12(10)16-8-9(2)15/h4-6,9,14-15H,3,7-8H2,1-2H3. The molecule has 0 aliphatic rings. The van der Waals surface area contributed by atoms with Gasteiger partial charge in [0.05, 0.1) is 6.10 Å². The van der Waals surface area contributed by atoms with Crippen molar-refractivity contribution in [3.05, 3.63) is 28.8 Å². The molecular weight excluding hydrogens is 226 g/mol. The van der Waals surface area contributed by atoms with Crippen LogP contribution in [0.1, 0.15) is 19.4 Å². The lowest BCUT2D eigenvalue weighted by molar-refractivity contribution is 0.122. The van der Waals surface area contributed by atoms with Crippen molar-refractivity contribution < 1.29 is 9.84 Å². The van der Waals surface area contributed by atoms with E-state index < -0.39 is 6.10 Å². The summed E-state index contributed by atoms with van der Waals surface area (Å²) in [6.45, 7) is 5.55. The number of ether oxygens (including phenoxy) is 1. The predicted octanol–water partition coefficient (Wildman–Crippen LogP) is 2.21. The highest BCUT2D eigenvalue weighted by molar-refractivity contribution is 6.31. The third-order valence-electron chi connectivity index (χ3n) is 2.11. The molecule has 90 valence electrons. The fourth-order valence-corrected chi connectivity index (χ4v) is 1.54. The molecule has 0 radical (unpaired) electrons. The van der Waals surface area contributed by atoms with Crippen LogP contribution in [0.3, 0.4) is 0 Å². The number of rotatable bonds is 6. The summed E-state index contributed by atoms with van der Waals surface area (Å²) >= 11 is 6.10. The van der Waals surface area contributed by atoms with Crippen LogP contribution in [-0.4, -0.2) is 24.4 Å². The molecule has 1 unspecified atom stereocenters. The number of benzene rings is 1. The molecule has 0 aliphatic carbocycles. The lowest BCUT2D eigenvalue weighted by atomic mass is 10.2. The highest BCUT2D eigenvalue weighted by Crippen LogP contribution is 2.26. The molecule has 0 heterocycles. The van der Waals surface area contributed by atoms with Gasteiger partial charge in [-0.3, -0.25) is 0 Å². The Hall–Kier alpha value is -0.770. The fourth-order valence-electron chi connectivity index (χ4n) is 1.31. The van der Waals surface area contributed by atoms with Crippen LogP contribution in [0.5, 0.6) is 5.75 Å². The van der Waals surface area contributed by atoms with Gasteiger partial charge in [0, 0.05) is 17.1 Å². The first kappa shape index (κ1) is 13.3. The summed E-state index contributed by atoms with van der Waals surface area (Å²) in [7, 11) is 0. The highest BCUT2D eigenvalue weighted by atomic mass is 35.5. The lowest BCUT2D eigenvalue weighted by Gasteiger charge is -2.14. The quantitative estimate of drug-likeness (QED) is 0.805. The van der Waals surface area contributed by atoms with Crippen molar-refractivity contribution in [2.75, 3.05) is 13.2 Å². The molecule has 0 aromatic heterocycles. The third kappa shape index (κ3) is 4.00. The first-order valence-corrected chi connectivity index (χ1v) is 5.82. The summed E-state index contributed by atoms with van der Waals surface area (Å²) in [4.78, 5) is 0. The van der Waals surface area contributed by atoms with E-state index in [0.717, 1.165) is 17.9 Å². The molecule has 1 aromatic rings. The number of aliphatic hydroxyl groups is 1. The molecule has 0 fully saturated rings.